The zero-order valence-corrected chi connectivity index (χ0v) is 18.4. The van der Waals surface area contributed by atoms with Gasteiger partial charge in [0.25, 0.3) is 20.0 Å². The molecule has 0 fully saturated rings. The van der Waals surface area contributed by atoms with Crippen LogP contribution in [0.25, 0.3) is 0 Å². The van der Waals surface area contributed by atoms with Gasteiger partial charge in [0.05, 0.1) is 0 Å². The first kappa shape index (κ1) is 26.1. The van der Waals surface area contributed by atoms with Crippen LogP contribution < -0.4 is 10.5 Å². The summed E-state index contributed by atoms with van der Waals surface area (Å²) in [6.45, 7) is 0. The molecule has 2 aromatic rings. The number of thioether (sulfide) groups is 2. The van der Waals surface area contributed by atoms with Gasteiger partial charge in [-0.2, -0.15) is 34.8 Å². The topological polar surface area (TPSA) is 119 Å². The Morgan fingerprint density at radius 2 is 1.19 bits per heavy atom. The van der Waals surface area contributed by atoms with Gasteiger partial charge in [0.2, 0.25) is 5.96 Å². The third-order valence-electron chi connectivity index (χ3n) is 3.17. The number of guanidine groups is 1. The Morgan fingerprint density at radius 1 is 0.781 bits per heavy atom. The lowest BCUT2D eigenvalue weighted by Crippen LogP contribution is -2.37. The maximum Gasteiger partial charge on any atom is 0.446 e. The first-order chi connectivity index (χ1) is 14.5. The number of benzene rings is 2. The summed E-state index contributed by atoms with van der Waals surface area (Å²) in [6.07, 6.45) is 0. The molecule has 0 aliphatic carbocycles. The minimum Gasteiger partial charge on any atom is -0.368 e. The summed E-state index contributed by atoms with van der Waals surface area (Å²) in [5.74, 6) is -1.29. The molecule has 0 saturated heterocycles. The third-order valence-corrected chi connectivity index (χ3v) is 7.81. The van der Waals surface area contributed by atoms with Gasteiger partial charge in [0, 0.05) is 9.79 Å². The van der Waals surface area contributed by atoms with E-state index in [0.717, 1.165) is 48.5 Å². The average Bonchev–Trinajstić information content (AvgIpc) is 2.58. The van der Waals surface area contributed by atoms with Gasteiger partial charge in [-0.15, -0.1) is 4.40 Å². The van der Waals surface area contributed by atoms with Crippen molar-refractivity contribution in [2.24, 2.45) is 10.1 Å². The molecular weight excluding hydrogens is 528 g/mol. The molecule has 0 aliphatic heterocycles. The molecule has 0 atom stereocenters. The Labute approximate surface area is 186 Å². The number of sulfonamides is 2. The second kappa shape index (κ2) is 9.40. The summed E-state index contributed by atoms with van der Waals surface area (Å²) in [4.78, 5) is -3.25. The van der Waals surface area contributed by atoms with Gasteiger partial charge < -0.3 is 5.73 Å². The van der Waals surface area contributed by atoms with Crippen molar-refractivity contribution in [1.82, 2.24) is 4.72 Å². The summed E-state index contributed by atoms with van der Waals surface area (Å²) < 4.78 is 130. The predicted molar refractivity (Wildman–Crippen MR) is 106 cm³/mol. The molecule has 0 radical (unpaired) electrons. The van der Waals surface area contributed by atoms with Crippen LogP contribution >= 0.6 is 23.5 Å². The number of rotatable bonds is 6. The van der Waals surface area contributed by atoms with E-state index >= 15 is 0 Å². The highest BCUT2D eigenvalue weighted by molar-refractivity contribution is 8.01. The van der Waals surface area contributed by atoms with Crippen LogP contribution in [0.3, 0.4) is 0 Å². The molecule has 0 aromatic heterocycles. The van der Waals surface area contributed by atoms with Crippen molar-refractivity contribution in [3.63, 3.8) is 0 Å². The van der Waals surface area contributed by atoms with Crippen LogP contribution in [0, 0.1) is 0 Å². The first-order valence-electron chi connectivity index (χ1n) is 7.83. The SMILES string of the molecule is NC(=NS(=O)(=O)c1ccccc1SC(F)(F)F)NS(=O)(=O)c1ccccc1SC(F)(F)F. The number of nitrogens with one attached hydrogen (secondary N) is 1. The Balaban J connectivity index is 2.40. The molecule has 17 heteroatoms. The van der Waals surface area contributed by atoms with Gasteiger partial charge in [-0.1, -0.05) is 24.3 Å². The van der Waals surface area contributed by atoms with E-state index in [1.54, 1.807) is 0 Å². The molecule has 3 N–H and O–H groups in total. The molecular formula is C15H11F6N3O4S4. The van der Waals surface area contributed by atoms with E-state index in [1.807, 2.05) is 0 Å². The molecule has 0 bridgehead atoms. The fraction of sp³-hybridized carbons (Fsp3) is 0.133. The number of hydrogen-bond donors (Lipinski definition) is 2. The summed E-state index contributed by atoms with van der Waals surface area (Å²) in [5.41, 5.74) is -4.36. The van der Waals surface area contributed by atoms with Crippen LogP contribution in [0.4, 0.5) is 26.3 Å². The lowest BCUT2D eigenvalue weighted by Gasteiger charge is -2.13. The molecule has 0 aliphatic rings. The second-order valence-electron chi connectivity index (χ2n) is 5.55. The zero-order chi connectivity index (χ0) is 24.4. The van der Waals surface area contributed by atoms with Crippen molar-refractivity contribution in [3.8, 4) is 0 Å². The van der Waals surface area contributed by atoms with E-state index in [9.17, 15) is 43.2 Å². The van der Waals surface area contributed by atoms with Gasteiger partial charge in [-0.05, 0) is 47.8 Å². The number of hydrogen-bond acceptors (Lipinski definition) is 6. The van der Waals surface area contributed by atoms with Crippen LogP contribution in [0.1, 0.15) is 0 Å². The Morgan fingerprint density at radius 3 is 1.66 bits per heavy atom. The molecule has 32 heavy (non-hydrogen) atoms. The largest absolute Gasteiger partial charge is 0.446 e. The minimum absolute atomic E-state index is 0.727. The number of nitrogens with two attached hydrogens (primary N) is 1. The number of nitrogens with zero attached hydrogens (tertiary/aromatic N) is 1. The zero-order valence-electron chi connectivity index (χ0n) is 15.2. The van der Waals surface area contributed by atoms with Crippen LogP contribution in [-0.4, -0.2) is 33.8 Å². The van der Waals surface area contributed by atoms with Crippen molar-refractivity contribution < 1.29 is 43.2 Å². The lowest BCUT2D eigenvalue weighted by atomic mass is 10.4. The maximum absolute atomic E-state index is 12.7. The van der Waals surface area contributed by atoms with Crippen molar-refractivity contribution >= 4 is 49.5 Å². The summed E-state index contributed by atoms with van der Waals surface area (Å²) >= 11 is -1.47. The van der Waals surface area contributed by atoms with Crippen LogP contribution in [0.5, 0.6) is 0 Å². The lowest BCUT2D eigenvalue weighted by molar-refractivity contribution is -0.0338. The summed E-state index contributed by atoms with van der Waals surface area (Å²) in [5, 5.41) is 0. The molecule has 2 aromatic carbocycles. The fourth-order valence-corrected chi connectivity index (χ4v) is 6.22. The van der Waals surface area contributed by atoms with Gasteiger partial charge >= 0.3 is 11.0 Å². The van der Waals surface area contributed by atoms with Gasteiger partial charge in [-0.3, -0.25) is 0 Å². The van der Waals surface area contributed by atoms with Crippen molar-refractivity contribution in [2.75, 3.05) is 0 Å². The predicted octanol–water partition coefficient (Wildman–Crippen LogP) is 3.89. The molecule has 7 nitrogen and oxygen atoms in total. The van der Waals surface area contributed by atoms with Gasteiger partial charge in [0.15, 0.2) is 0 Å². The molecule has 0 spiro atoms. The summed E-state index contributed by atoms with van der Waals surface area (Å²) in [6, 6.07) is 7.82. The number of alkyl halides is 6. The van der Waals surface area contributed by atoms with Gasteiger partial charge in [-0.25, -0.2) is 13.1 Å². The van der Waals surface area contributed by atoms with E-state index in [1.165, 1.54) is 4.72 Å². The van der Waals surface area contributed by atoms with E-state index in [4.69, 9.17) is 5.73 Å². The fourth-order valence-electron chi connectivity index (χ4n) is 2.14. The van der Waals surface area contributed by atoms with Crippen LogP contribution in [0.2, 0.25) is 0 Å². The molecule has 0 heterocycles. The van der Waals surface area contributed by atoms with Crippen LogP contribution in [0.15, 0.2) is 72.5 Å². The van der Waals surface area contributed by atoms with E-state index < -0.39 is 80.1 Å². The second-order valence-corrected chi connectivity index (χ2v) is 11.0. The normalized spacial score (nSPS) is 13.8. The Bertz CT molecular complexity index is 1230. The molecule has 0 amide bonds. The summed E-state index contributed by atoms with van der Waals surface area (Å²) in [7, 11) is -9.76. The Hall–Kier alpha value is -2.11. The maximum atomic E-state index is 12.7. The average molecular weight is 540 g/mol. The van der Waals surface area contributed by atoms with E-state index in [-0.39, 0.29) is 0 Å². The number of halogens is 6. The minimum atomic E-state index is -4.93. The highest BCUT2D eigenvalue weighted by Crippen LogP contribution is 2.41. The van der Waals surface area contributed by atoms with Crippen molar-refractivity contribution in [1.29, 1.82) is 0 Å². The quantitative estimate of drug-likeness (QED) is 0.247. The van der Waals surface area contributed by atoms with Crippen molar-refractivity contribution in [2.45, 2.75) is 30.6 Å². The van der Waals surface area contributed by atoms with Gasteiger partial charge in [0.1, 0.15) is 9.79 Å². The molecule has 0 saturated carbocycles. The molecule has 0 unspecified atom stereocenters. The standard InChI is InChI=1S/C15H11F6N3O4S4/c16-14(17,18)29-9-5-1-3-7-11(9)31(25,26)23-13(22)24-32(27,28)12-8-4-2-6-10(12)30-15(19,20)21/h1-8H,(H3,22,23,24). The Kier molecular flexibility index (Phi) is 7.68. The molecule has 2 rings (SSSR count). The van der Waals surface area contributed by atoms with E-state index in [0.29, 0.717) is 0 Å². The smallest absolute Gasteiger partial charge is 0.368 e. The van der Waals surface area contributed by atoms with Crippen LogP contribution in [-0.2, 0) is 20.0 Å². The highest BCUT2D eigenvalue weighted by atomic mass is 32.2. The van der Waals surface area contributed by atoms with E-state index in [2.05, 4.69) is 4.40 Å². The third kappa shape index (κ3) is 7.49. The molecule has 176 valence electrons. The van der Waals surface area contributed by atoms with Crippen molar-refractivity contribution in [3.05, 3.63) is 48.5 Å². The first-order valence-corrected chi connectivity index (χ1v) is 12.4. The highest BCUT2D eigenvalue weighted by Gasteiger charge is 2.34. The monoisotopic (exact) mass is 539 g/mol.